The topological polar surface area (TPSA) is 18.5 Å². The summed E-state index contributed by atoms with van der Waals surface area (Å²) in [5.41, 5.74) is 4.27. The number of nitrogens with zero attached hydrogens (tertiary/aromatic N) is 2. The summed E-state index contributed by atoms with van der Waals surface area (Å²) in [6.45, 7) is 9.84. The first-order valence-electron chi connectivity index (χ1n) is 10.3. The van der Waals surface area contributed by atoms with Gasteiger partial charge in [-0.25, -0.2) is 0 Å². The Hall–Kier alpha value is -1.22. The molecule has 3 nitrogen and oxygen atoms in total. The van der Waals surface area contributed by atoms with Crippen LogP contribution in [0.3, 0.4) is 0 Å². The first-order valence-corrected chi connectivity index (χ1v) is 10.3. The molecule has 0 aromatic carbocycles. The Kier molecular flexibility index (Phi) is 6.27. The van der Waals surface area contributed by atoms with Gasteiger partial charge in [-0.3, -0.25) is 4.90 Å². The highest BCUT2D eigenvalue weighted by Gasteiger charge is 2.27. The molecule has 2 heterocycles. The average Bonchev–Trinajstić information content (AvgIpc) is 3.38. The summed E-state index contributed by atoms with van der Waals surface area (Å²) in [5.74, 6) is 1.40. The molecule has 0 bridgehead atoms. The van der Waals surface area contributed by atoms with E-state index in [1.807, 2.05) is 0 Å². The smallest absolute Gasteiger partial charge is 0.0383 e. The second-order valence-corrected chi connectivity index (χ2v) is 8.41. The van der Waals surface area contributed by atoms with Gasteiger partial charge in [0.15, 0.2) is 0 Å². The monoisotopic (exact) mass is 343 g/mol. The molecule has 1 saturated carbocycles. The third-order valence-electron chi connectivity index (χ3n) is 6.22. The predicted octanol–water partition coefficient (Wildman–Crippen LogP) is 4.16. The summed E-state index contributed by atoms with van der Waals surface area (Å²) in [7, 11) is 4.56. The van der Waals surface area contributed by atoms with Gasteiger partial charge in [-0.1, -0.05) is 44.9 Å². The van der Waals surface area contributed by atoms with Crippen molar-refractivity contribution in [3.63, 3.8) is 0 Å². The van der Waals surface area contributed by atoms with E-state index in [4.69, 9.17) is 0 Å². The second kappa shape index (κ2) is 8.44. The summed E-state index contributed by atoms with van der Waals surface area (Å²) in [6, 6.07) is 0.722. The SMILES string of the molecule is C=C(NCCC1CC1)C1/C=C\C2=C(CN(C)C1)N(C)[C@@H](CCC)CC2. The van der Waals surface area contributed by atoms with E-state index in [-0.39, 0.29) is 0 Å². The predicted molar refractivity (Wildman–Crippen MR) is 107 cm³/mol. The molecule has 140 valence electrons. The van der Waals surface area contributed by atoms with E-state index in [0.29, 0.717) is 5.92 Å². The van der Waals surface area contributed by atoms with Crippen molar-refractivity contribution in [2.45, 2.75) is 57.9 Å². The van der Waals surface area contributed by atoms with Crippen LogP contribution in [0.5, 0.6) is 0 Å². The lowest BCUT2D eigenvalue weighted by atomic mass is 9.91. The number of hydrogen-bond acceptors (Lipinski definition) is 3. The molecule has 0 amide bonds. The molecule has 0 saturated heterocycles. The van der Waals surface area contributed by atoms with E-state index < -0.39 is 0 Å². The third-order valence-corrected chi connectivity index (χ3v) is 6.22. The minimum absolute atomic E-state index is 0.414. The normalized spacial score (nSPS) is 29.0. The van der Waals surface area contributed by atoms with Crippen molar-refractivity contribution in [1.29, 1.82) is 0 Å². The lowest BCUT2D eigenvalue weighted by Crippen LogP contribution is -2.41. The van der Waals surface area contributed by atoms with Crippen molar-refractivity contribution >= 4 is 0 Å². The van der Waals surface area contributed by atoms with Crippen molar-refractivity contribution in [2.75, 3.05) is 33.7 Å². The highest BCUT2D eigenvalue weighted by atomic mass is 15.2. The summed E-state index contributed by atoms with van der Waals surface area (Å²) < 4.78 is 0. The van der Waals surface area contributed by atoms with E-state index in [0.717, 1.165) is 31.6 Å². The van der Waals surface area contributed by atoms with Gasteiger partial charge in [0, 0.05) is 50.0 Å². The van der Waals surface area contributed by atoms with Gasteiger partial charge in [-0.05, 0) is 44.2 Å². The maximum atomic E-state index is 4.34. The summed E-state index contributed by atoms with van der Waals surface area (Å²) in [6.07, 6.45) is 14.1. The molecule has 2 atom stereocenters. The fourth-order valence-corrected chi connectivity index (χ4v) is 4.32. The van der Waals surface area contributed by atoms with E-state index in [1.54, 1.807) is 0 Å². The molecule has 1 unspecified atom stereocenters. The standard InChI is InChI=1S/C22H37N3/c1-5-6-21-12-11-19-9-10-20(15-24(3)16-22(19)25(21)4)17(2)23-14-13-18-7-8-18/h9-10,18,20-21,23H,2,5-8,11-16H2,1,3-4H3/b10-9-/t20?,21-/m0/s1. The van der Waals surface area contributed by atoms with Crippen LogP contribution in [0.1, 0.15) is 51.9 Å². The van der Waals surface area contributed by atoms with Crippen LogP contribution in [0.4, 0.5) is 0 Å². The van der Waals surface area contributed by atoms with Crippen LogP contribution < -0.4 is 5.32 Å². The zero-order chi connectivity index (χ0) is 17.8. The molecule has 25 heavy (non-hydrogen) atoms. The summed E-state index contributed by atoms with van der Waals surface area (Å²) in [4.78, 5) is 5.04. The van der Waals surface area contributed by atoms with Crippen LogP contribution in [0.15, 0.2) is 35.7 Å². The molecule has 3 rings (SSSR count). The Bertz CT molecular complexity index is 529. The number of likely N-dealkylation sites (N-methyl/N-ethyl adjacent to an activating group) is 2. The van der Waals surface area contributed by atoms with E-state index in [2.05, 4.69) is 54.9 Å². The lowest BCUT2D eigenvalue weighted by Gasteiger charge is -2.40. The minimum atomic E-state index is 0.414. The Balaban J connectivity index is 1.65. The molecule has 1 aliphatic carbocycles. The number of rotatable bonds is 7. The van der Waals surface area contributed by atoms with Gasteiger partial charge in [0.2, 0.25) is 0 Å². The highest BCUT2D eigenvalue weighted by Crippen LogP contribution is 2.33. The van der Waals surface area contributed by atoms with Gasteiger partial charge in [0.1, 0.15) is 0 Å². The Morgan fingerprint density at radius 3 is 2.76 bits per heavy atom. The van der Waals surface area contributed by atoms with Crippen molar-refractivity contribution < 1.29 is 0 Å². The molecule has 1 N–H and O–H groups in total. The molecular formula is C22H37N3. The quantitative estimate of drug-likeness (QED) is 0.749. The Morgan fingerprint density at radius 1 is 1.24 bits per heavy atom. The van der Waals surface area contributed by atoms with Crippen LogP contribution >= 0.6 is 0 Å². The zero-order valence-corrected chi connectivity index (χ0v) is 16.6. The van der Waals surface area contributed by atoms with Crippen molar-refractivity contribution in [3.05, 3.63) is 35.7 Å². The van der Waals surface area contributed by atoms with Crippen molar-refractivity contribution in [3.8, 4) is 0 Å². The van der Waals surface area contributed by atoms with Gasteiger partial charge in [0.05, 0.1) is 0 Å². The molecule has 0 aromatic rings. The third kappa shape index (κ3) is 4.91. The first kappa shape index (κ1) is 18.6. The maximum Gasteiger partial charge on any atom is 0.0383 e. The van der Waals surface area contributed by atoms with Crippen LogP contribution in [0, 0.1) is 11.8 Å². The van der Waals surface area contributed by atoms with Crippen LogP contribution in [-0.4, -0.2) is 49.6 Å². The van der Waals surface area contributed by atoms with Gasteiger partial charge in [-0.15, -0.1) is 0 Å². The molecule has 0 aromatic heterocycles. The van der Waals surface area contributed by atoms with Crippen molar-refractivity contribution in [1.82, 2.24) is 15.1 Å². The molecular weight excluding hydrogens is 306 g/mol. The molecule has 3 heteroatoms. The van der Waals surface area contributed by atoms with Crippen LogP contribution in [0.2, 0.25) is 0 Å². The van der Waals surface area contributed by atoms with Gasteiger partial charge >= 0.3 is 0 Å². The van der Waals surface area contributed by atoms with Crippen LogP contribution in [-0.2, 0) is 0 Å². The average molecular weight is 344 g/mol. The first-order chi connectivity index (χ1) is 12.1. The molecule has 2 aliphatic heterocycles. The van der Waals surface area contributed by atoms with Crippen molar-refractivity contribution in [2.24, 2.45) is 11.8 Å². The van der Waals surface area contributed by atoms with E-state index in [1.165, 1.54) is 61.9 Å². The number of allylic oxidation sites excluding steroid dienone is 2. The Morgan fingerprint density at radius 2 is 2.04 bits per heavy atom. The fraction of sp³-hybridized carbons (Fsp3) is 0.727. The molecule has 0 spiro atoms. The molecule has 1 fully saturated rings. The lowest BCUT2D eigenvalue weighted by molar-refractivity contribution is 0.214. The van der Waals surface area contributed by atoms with E-state index in [9.17, 15) is 0 Å². The summed E-state index contributed by atoms with van der Waals surface area (Å²) in [5, 5.41) is 3.60. The fourth-order valence-electron chi connectivity index (χ4n) is 4.32. The minimum Gasteiger partial charge on any atom is -0.388 e. The Labute approximate surface area is 154 Å². The maximum absolute atomic E-state index is 4.34. The van der Waals surface area contributed by atoms with Gasteiger partial charge in [-0.2, -0.15) is 0 Å². The number of hydrogen-bond donors (Lipinski definition) is 1. The van der Waals surface area contributed by atoms with Gasteiger partial charge < -0.3 is 10.2 Å². The largest absolute Gasteiger partial charge is 0.388 e. The molecule has 3 aliphatic rings. The van der Waals surface area contributed by atoms with Crippen LogP contribution in [0.25, 0.3) is 0 Å². The second-order valence-electron chi connectivity index (χ2n) is 8.41. The number of nitrogens with one attached hydrogen (secondary N) is 1. The van der Waals surface area contributed by atoms with E-state index >= 15 is 0 Å². The highest BCUT2D eigenvalue weighted by molar-refractivity contribution is 5.31. The molecule has 0 radical (unpaired) electrons. The zero-order valence-electron chi connectivity index (χ0n) is 16.6. The summed E-state index contributed by atoms with van der Waals surface area (Å²) >= 11 is 0. The van der Waals surface area contributed by atoms with Gasteiger partial charge in [0.25, 0.3) is 0 Å².